The molecular formula is C16H20N4O. The summed E-state index contributed by atoms with van der Waals surface area (Å²) in [5, 5.41) is 9.55. The first-order valence-corrected chi connectivity index (χ1v) is 7.29. The molecule has 1 aliphatic heterocycles. The quantitative estimate of drug-likeness (QED) is 0.932. The van der Waals surface area contributed by atoms with Crippen LogP contribution in [0.5, 0.6) is 0 Å². The van der Waals surface area contributed by atoms with Gasteiger partial charge in [-0.3, -0.25) is 0 Å². The minimum Gasteiger partial charge on any atom is -0.389 e. The number of aromatic nitrogens is 2. The third-order valence-electron chi connectivity index (χ3n) is 3.86. The molecule has 5 nitrogen and oxygen atoms in total. The van der Waals surface area contributed by atoms with Crippen molar-refractivity contribution in [3.05, 3.63) is 48.3 Å². The minimum absolute atomic E-state index is 0.411. The molecule has 2 aromatic rings. The van der Waals surface area contributed by atoms with Gasteiger partial charge in [0.05, 0.1) is 6.10 Å². The fourth-order valence-electron chi connectivity index (χ4n) is 2.58. The molecule has 0 aliphatic carbocycles. The van der Waals surface area contributed by atoms with Crippen LogP contribution < -0.4 is 9.80 Å². The van der Waals surface area contributed by atoms with E-state index in [1.54, 1.807) is 19.3 Å². The molecule has 21 heavy (non-hydrogen) atoms. The van der Waals surface area contributed by atoms with Crippen LogP contribution in [0.4, 0.5) is 11.6 Å². The number of aliphatic hydroxyl groups is 1. The zero-order valence-electron chi connectivity index (χ0n) is 12.2. The number of nitrogens with zero attached hydrogens (tertiary/aromatic N) is 4. The number of rotatable bonds is 3. The molecule has 110 valence electrons. The molecule has 3 rings (SSSR count). The highest BCUT2D eigenvalue weighted by Gasteiger charge is 2.18. The van der Waals surface area contributed by atoms with E-state index >= 15 is 0 Å². The lowest BCUT2D eigenvalue weighted by Gasteiger charge is -2.36. The van der Waals surface area contributed by atoms with E-state index in [2.05, 4.69) is 31.9 Å². The number of anilines is 2. The standard InChI is InChI=1S/C16H20N4O/c1-13(21)14-3-5-15(6-4-14)19-9-11-20(12-10-19)16-17-7-2-8-18-16/h2-8,13,21H,9-12H2,1H3. The average Bonchev–Trinajstić information content (AvgIpc) is 2.56. The Balaban J connectivity index is 1.63. The zero-order valence-corrected chi connectivity index (χ0v) is 12.2. The third-order valence-corrected chi connectivity index (χ3v) is 3.86. The van der Waals surface area contributed by atoms with Gasteiger partial charge in [0, 0.05) is 44.3 Å². The molecule has 1 atom stereocenters. The molecule has 1 fully saturated rings. The molecule has 1 aromatic heterocycles. The predicted octanol–water partition coefficient (Wildman–Crippen LogP) is 1.86. The molecule has 5 heteroatoms. The van der Waals surface area contributed by atoms with E-state index in [0.717, 1.165) is 37.7 Å². The van der Waals surface area contributed by atoms with Gasteiger partial charge in [-0.25, -0.2) is 9.97 Å². The van der Waals surface area contributed by atoms with Gasteiger partial charge in [0.25, 0.3) is 0 Å². The number of hydrogen-bond acceptors (Lipinski definition) is 5. The summed E-state index contributed by atoms with van der Waals surface area (Å²) in [4.78, 5) is 13.2. The second-order valence-corrected chi connectivity index (χ2v) is 5.29. The smallest absolute Gasteiger partial charge is 0.225 e. The van der Waals surface area contributed by atoms with E-state index in [4.69, 9.17) is 0 Å². The number of piperazine rings is 1. The highest BCUT2D eigenvalue weighted by Crippen LogP contribution is 2.21. The Bertz CT molecular complexity index is 563. The molecule has 1 unspecified atom stereocenters. The first-order chi connectivity index (χ1) is 10.2. The normalized spacial score (nSPS) is 16.9. The van der Waals surface area contributed by atoms with E-state index in [-0.39, 0.29) is 0 Å². The van der Waals surface area contributed by atoms with E-state index in [1.165, 1.54) is 5.69 Å². The van der Waals surface area contributed by atoms with Gasteiger partial charge in [0.2, 0.25) is 5.95 Å². The molecule has 1 aliphatic rings. The van der Waals surface area contributed by atoms with E-state index < -0.39 is 6.10 Å². The lowest BCUT2D eigenvalue weighted by atomic mass is 10.1. The van der Waals surface area contributed by atoms with Gasteiger partial charge in [-0.1, -0.05) is 12.1 Å². The second kappa shape index (κ2) is 6.10. The molecular weight excluding hydrogens is 264 g/mol. The highest BCUT2D eigenvalue weighted by atomic mass is 16.3. The predicted molar refractivity (Wildman–Crippen MR) is 83.5 cm³/mol. The van der Waals surface area contributed by atoms with Gasteiger partial charge in [-0.2, -0.15) is 0 Å². The van der Waals surface area contributed by atoms with Crippen molar-refractivity contribution in [2.45, 2.75) is 13.0 Å². The van der Waals surface area contributed by atoms with Crippen LogP contribution in [0.2, 0.25) is 0 Å². The van der Waals surface area contributed by atoms with Crippen molar-refractivity contribution in [1.82, 2.24) is 9.97 Å². The Morgan fingerprint density at radius 3 is 2.10 bits per heavy atom. The Kier molecular flexibility index (Phi) is 4.01. The second-order valence-electron chi connectivity index (χ2n) is 5.29. The number of hydrogen-bond donors (Lipinski definition) is 1. The van der Waals surface area contributed by atoms with Gasteiger partial charge in [0.1, 0.15) is 0 Å². The fraction of sp³-hybridized carbons (Fsp3) is 0.375. The summed E-state index contributed by atoms with van der Waals surface area (Å²) in [6.45, 7) is 5.52. The largest absolute Gasteiger partial charge is 0.389 e. The van der Waals surface area contributed by atoms with Crippen LogP contribution >= 0.6 is 0 Å². The number of benzene rings is 1. The van der Waals surface area contributed by atoms with Crippen molar-refractivity contribution in [2.24, 2.45) is 0 Å². The van der Waals surface area contributed by atoms with Crippen molar-refractivity contribution in [3.63, 3.8) is 0 Å². The Morgan fingerprint density at radius 2 is 1.52 bits per heavy atom. The summed E-state index contributed by atoms with van der Waals surface area (Å²) in [5.74, 6) is 0.807. The van der Waals surface area contributed by atoms with Crippen LogP contribution in [0.25, 0.3) is 0 Å². The Labute approximate surface area is 124 Å². The maximum absolute atomic E-state index is 9.55. The molecule has 0 saturated carbocycles. The summed E-state index contributed by atoms with van der Waals surface area (Å²) >= 11 is 0. The van der Waals surface area contributed by atoms with Crippen LogP contribution in [0.3, 0.4) is 0 Å². The maximum atomic E-state index is 9.55. The molecule has 1 aromatic carbocycles. The van der Waals surface area contributed by atoms with Gasteiger partial charge < -0.3 is 14.9 Å². The molecule has 0 radical (unpaired) electrons. The fourth-order valence-corrected chi connectivity index (χ4v) is 2.58. The van der Waals surface area contributed by atoms with Crippen LogP contribution in [0.15, 0.2) is 42.7 Å². The first kappa shape index (κ1) is 13.8. The molecule has 0 bridgehead atoms. The molecule has 1 saturated heterocycles. The van der Waals surface area contributed by atoms with E-state index in [1.807, 2.05) is 18.2 Å². The average molecular weight is 284 g/mol. The molecule has 0 amide bonds. The first-order valence-electron chi connectivity index (χ1n) is 7.29. The summed E-state index contributed by atoms with van der Waals surface area (Å²) in [5.41, 5.74) is 2.16. The topological polar surface area (TPSA) is 52.5 Å². The van der Waals surface area contributed by atoms with E-state index in [0.29, 0.717) is 0 Å². The van der Waals surface area contributed by atoms with Crippen LogP contribution in [-0.4, -0.2) is 41.3 Å². The van der Waals surface area contributed by atoms with Crippen LogP contribution in [-0.2, 0) is 0 Å². The van der Waals surface area contributed by atoms with Crippen molar-refractivity contribution < 1.29 is 5.11 Å². The lowest BCUT2D eigenvalue weighted by molar-refractivity contribution is 0.199. The molecule has 2 heterocycles. The summed E-state index contributed by atoms with van der Waals surface area (Å²) in [6, 6.07) is 9.98. The van der Waals surface area contributed by atoms with Crippen molar-refractivity contribution >= 4 is 11.6 Å². The number of aliphatic hydroxyl groups excluding tert-OH is 1. The minimum atomic E-state index is -0.411. The van der Waals surface area contributed by atoms with E-state index in [9.17, 15) is 5.11 Å². The van der Waals surface area contributed by atoms with Crippen molar-refractivity contribution in [2.75, 3.05) is 36.0 Å². The van der Waals surface area contributed by atoms with Crippen molar-refractivity contribution in [1.29, 1.82) is 0 Å². The maximum Gasteiger partial charge on any atom is 0.225 e. The summed E-state index contributed by atoms with van der Waals surface area (Å²) < 4.78 is 0. The van der Waals surface area contributed by atoms with Gasteiger partial charge in [-0.15, -0.1) is 0 Å². The van der Waals surface area contributed by atoms with Crippen LogP contribution in [0.1, 0.15) is 18.6 Å². The molecule has 1 N–H and O–H groups in total. The molecule has 0 spiro atoms. The van der Waals surface area contributed by atoms with Gasteiger partial charge in [-0.05, 0) is 30.7 Å². The third kappa shape index (κ3) is 3.13. The van der Waals surface area contributed by atoms with Gasteiger partial charge >= 0.3 is 0 Å². The zero-order chi connectivity index (χ0) is 14.7. The Morgan fingerprint density at radius 1 is 0.952 bits per heavy atom. The van der Waals surface area contributed by atoms with Crippen molar-refractivity contribution in [3.8, 4) is 0 Å². The Hall–Kier alpha value is -2.14. The summed E-state index contributed by atoms with van der Waals surface area (Å²) in [6.07, 6.45) is 3.15. The summed E-state index contributed by atoms with van der Waals surface area (Å²) in [7, 11) is 0. The SMILES string of the molecule is CC(O)c1ccc(N2CCN(c3ncccn3)CC2)cc1. The lowest BCUT2D eigenvalue weighted by Crippen LogP contribution is -2.47. The monoisotopic (exact) mass is 284 g/mol. The van der Waals surface area contributed by atoms with Gasteiger partial charge in [0.15, 0.2) is 0 Å². The highest BCUT2D eigenvalue weighted by molar-refractivity contribution is 5.49. The van der Waals surface area contributed by atoms with Crippen LogP contribution in [0, 0.1) is 0 Å².